The molecule has 6 heteroatoms. The van der Waals surface area contributed by atoms with Crippen molar-refractivity contribution >= 4 is 10.2 Å². The van der Waals surface area contributed by atoms with Crippen LogP contribution in [0.3, 0.4) is 0 Å². The predicted octanol–water partition coefficient (Wildman–Crippen LogP) is 0.162. The van der Waals surface area contributed by atoms with E-state index in [0.29, 0.717) is 19.0 Å². The molecule has 1 fully saturated rings. The molecule has 1 unspecified atom stereocenters. The first kappa shape index (κ1) is 13.9. The van der Waals surface area contributed by atoms with Crippen LogP contribution in [0.15, 0.2) is 0 Å². The molecular weight excluding hydrogens is 226 g/mol. The van der Waals surface area contributed by atoms with E-state index in [-0.39, 0.29) is 0 Å². The molecule has 1 atom stereocenters. The van der Waals surface area contributed by atoms with Crippen molar-refractivity contribution in [3.63, 3.8) is 0 Å². The summed E-state index contributed by atoms with van der Waals surface area (Å²) in [7, 11) is -1.62. The Morgan fingerprint density at radius 3 is 2.81 bits per heavy atom. The van der Waals surface area contributed by atoms with Crippen molar-refractivity contribution in [2.75, 3.05) is 33.2 Å². The van der Waals surface area contributed by atoms with Crippen LogP contribution in [0, 0.1) is 5.92 Å². The van der Waals surface area contributed by atoms with E-state index in [1.54, 1.807) is 7.05 Å². The van der Waals surface area contributed by atoms with Gasteiger partial charge in [-0.1, -0.05) is 6.92 Å². The lowest BCUT2D eigenvalue weighted by atomic mass is 10.00. The molecule has 1 rings (SSSR count). The topological polar surface area (TPSA) is 61.4 Å². The third-order valence-corrected chi connectivity index (χ3v) is 4.40. The smallest absolute Gasteiger partial charge is 0.279 e. The molecule has 5 nitrogen and oxygen atoms in total. The van der Waals surface area contributed by atoms with E-state index >= 15 is 0 Å². The highest BCUT2D eigenvalue weighted by molar-refractivity contribution is 7.87. The van der Waals surface area contributed by atoms with Crippen LogP contribution < -0.4 is 10.0 Å². The summed E-state index contributed by atoms with van der Waals surface area (Å²) in [5, 5.41) is 3.29. The molecule has 0 saturated carbocycles. The maximum absolute atomic E-state index is 11.8. The molecule has 96 valence electrons. The van der Waals surface area contributed by atoms with Crippen LogP contribution in [-0.2, 0) is 10.2 Å². The Bertz CT molecular complexity index is 286. The molecule has 0 amide bonds. The molecular formula is C10H23N3O2S. The average molecular weight is 249 g/mol. The lowest BCUT2D eigenvalue weighted by molar-refractivity contribution is 0.312. The molecule has 0 aromatic carbocycles. The van der Waals surface area contributed by atoms with Gasteiger partial charge in [-0.25, -0.2) is 4.72 Å². The first-order valence-electron chi connectivity index (χ1n) is 5.98. The fraction of sp³-hybridized carbons (Fsp3) is 1.00. The third-order valence-electron chi connectivity index (χ3n) is 2.86. The highest BCUT2D eigenvalue weighted by Crippen LogP contribution is 2.12. The van der Waals surface area contributed by atoms with Crippen molar-refractivity contribution in [1.82, 2.24) is 14.3 Å². The molecule has 0 aliphatic carbocycles. The zero-order valence-electron chi connectivity index (χ0n) is 10.2. The minimum absolute atomic E-state index is 0.442. The number of hydrogen-bond acceptors (Lipinski definition) is 3. The van der Waals surface area contributed by atoms with Gasteiger partial charge in [0.2, 0.25) is 0 Å². The minimum Gasteiger partial charge on any atom is -0.316 e. The maximum atomic E-state index is 11.8. The van der Waals surface area contributed by atoms with Gasteiger partial charge in [0.1, 0.15) is 0 Å². The number of piperidine rings is 1. The van der Waals surface area contributed by atoms with Gasteiger partial charge in [0.05, 0.1) is 0 Å². The van der Waals surface area contributed by atoms with E-state index in [9.17, 15) is 8.42 Å². The molecule has 16 heavy (non-hydrogen) atoms. The van der Waals surface area contributed by atoms with E-state index in [0.717, 1.165) is 32.4 Å². The van der Waals surface area contributed by atoms with Crippen LogP contribution in [0.2, 0.25) is 0 Å². The maximum Gasteiger partial charge on any atom is 0.279 e. The summed E-state index contributed by atoms with van der Waals surface area (Å²) < 4.78 is 27.5. The van der Waals surface area contributed by atoms with Gasteiger partial charge in [-0.15, -0.1) is 0 Å². The fourth-order valence-electron chi connectivity index (χ4n) is 1.88. The van der Waals surface area contributed by atoms with Crippen molar-refractivity contribution in [3.8, 4) is 0 Å². The van der Waals surface area contributed by atoms with E-state index in [4.69, 9.17) is 0 Å². The quantitative estimate of drug-likeness (QED) is 0.705. The lowest BCUT2D eigenvalue weighted by Gasteiger charge is -2.27. The number of nitrogens with one attached hydrogen (secondary N) is 2. The number of nitrogens with zero attached hydrogens (tertiary/aromatic N) is 1. The SMILES string of the molecule is CCCNS(=O)(=O)N(C)CC1CCCNC1. The van der Waals surface area contributed by atoms with Crippen LogP contribution in [0.1, 0.15) is 26.2 Å². The Morgan fingerprint density at radius 2 is 2.25 bits per heavy atom. The van der Waals surface area contributed by atoms with Gasteiger partial charge >= 0.3 is 0 Å². The molecule has 0 aromatic heterocycles. The minimum atomic E-state index is -3.27. The van der Waals surface area contributed by atoms with Crippen LogP contribution in [-0.4, -0.2) is 45.9 Å². The first-order valence-corrected chi connectivity index (χ1v) is 7.42. The van der Waals surface area contributed by atoms with E-state index in [1.165, 1.54) is 4.31 Å². The average Bonchev–Trinajstić information content (AvgIpc) is 2.28. The van der Waals surface area contributed by atoms with Gasteiger partial charge in [-0.3, -0.25) is 0 Å². The second-order valence-corrected chi connectivity index (χ2v) is 6.25. The van der Waals surface area contributed by atoms with Crippen LogP contribution >= 0.6 is 0 Å². The largest absolute Gasteiger partial charge is 0.316 e. The van der Waals surface area contributed by atoms with Gasteiger partial charge in [-0.2, -0.15) is 12.7 Å². The lowest BCUT2D eigenvalue weighted by Crippen LogP contribution is -2.43. The van der Waals surface area contributed by atoms with Crippen LogP contribution in [0.4, 0.5) is 0 Å². The van der Waals surface area contributed by atoms with Gasteiger partial charge in [-0.05, 0) is 38.3 Å². The van der Waals surface area contributed by atoms with E-state index in [1.807, 2.05) is 6.92 Å². The normalized spacial score (nSPS) is 22.6. The zero-order valence-corrected chi connectivity index (χ0v) is 11.0. The molecule has 0 radical (unpaired) electrons. The van der Waals surface area contributed by atoms with Crippen LogP contribution in [0.25, 0.3) is 0 Å². The Balaban J connectivity index is 2.40. The summed E-state index contributed by atoms with van der Waals surface area (Å²) in [4.78, 5) is 0. The Morgan fingerprint density at radius 1 is 1.50 bits per heavy atom. The third kappa shape index (κ3) is 4.37. The van der Waals surface area contributed by atoms with E-state index < -0.39 is 10.2 Å². The van der Waals surface area contributed by atoms with Gasteiger partial charge in [0.15, 0.2) is 0 Å². The molecule has 1 saturated heterocycles. The summed E-state index contributed by atoms with van der Waals surface area (Å²) in [5.41, 5.74) is 0. The molecule has 2 N–H and O–H groups in total. The van der Waals surface area contributed by atoms with Crippen molar-refractivity contribution in [2.45, 2.75) is 26.2 Å². The summed E-state index contributed by atoms with van der Waals surface area (Å²) in [6, 6.07) is 0. The standard InChI is InChI=1S/C10H23N3O2S/c1-3-6-12-16(14,15)13(2)9-10-5-4-7-11-8-10/h10-12H,3-9H2,1-2H3. The van der Waals surface area contributed by atoms with Crippen molar-refractivity contribution < 1.29 is 8.42 Å². The summed E-state index contributed by atoms with van der Waals surface area (Å²) in [6.45, 7) is 5.05. The highest BCUT2D eigenvalue weighted by atomic mass is 32.2. The van der Waals surface area contributed by atoms with Gasteiger partial charge in [0, 0.05) is 20.1 Å². The monoisotopic (exact) mass is 249 g/mol. The Hall–Kier alpha value is -0.170. The summed E-state index contributed by atoms with van der Waals surface area (Å²) >= 11 is 0. The second-order valence-electron chi connectivity index (χ2n) is 4.39. The molecule has 1 heterocycles. The second kappa shape index (κ2) is 6.54. The van der Waals surface area contributed by atoms with Crippen molar-refractivity contribution in [2.24, 2.45) is 5.92 Å². The van der Waals surface area contributed by atoms with Crippen molar-refractivity contribution in [3.05, 3.63) is 0 Å². The summed E-state index contributed by atoms with van der Waals surface area (Å²) in [6.07, 6.45) is 3.07. The molecule has 1 aliphatic rings. The van der Waals surface area contributed by atoms with Crippen LogP contribution in [0.5, 0.6) is 0 Å². The molecule has 0 bridgehead atoms. The van der Waals surface area contributed by atoms with E-state index in [2.05, 4.69) is 10.0 Å². The van der Waals surface area contributed by atoms with Crippen molar-refractivity contribution in [1.29, 1.82) is 0 Å². The zero-order chi connectivity index (χ0) is 12.0. The molecule has 1 aliphatic heterocycles. The number of rotatable bonds is 6. The molecule has 0 spiro atoms. The fourth-order valence-corrected chi connectivity index (χ4v) is 2.97. The Labute approximate surface area is 98.8 Å². The Kier molecular flexibility index (Phi) is 5.68. The van der Waals surface area contributed by atoms with Gasteiger partial charge < -0.3 is 5.32 Å². The van der Waals surface area contributed by atoms with Gasteiger partial charge in [0.25, 0.3) is 10.2 Å². The predicted molar refractivity (Wildman–Crippen MR) is 65.4 cm³/mol. The molecule has 0 aromatic rings. The summed E-state index contributed by atoms with van der Waals surface area (Å²) in [5.74, 6) is 0.442. The highest BCUT2D eigenvalue weighted by Gasteiger charge is 2.22. The number of hydrogen-bond donors (Lipinski definition) is 2. The first-order chi connectivity index (χ1) is 7.56.